The van der Waals surface area contributed by atoms with Gasteiger partial charge in [0, 0.05) is 44.4 Å². The number of aryl methyl sites for hydroxylation is 1. The van der Waals surface area contributed by atoms with Crippen LogP contribution in [-0.2, 0) is 30.0 Å². The van der Waals surface area contributed by atoms with Gasteiger partial charge in [-0.25, -0.2) is 13.4 Å². The van der Waals surface area contributed by atoms with E-state index in [2.05, 4.69) is 20.6 Å². The van der Waals surface area contributed by atoms with Gasteiger partial charge in [0.25, 0.3) is 5.91 Å². The number of alkyl halides is 3. The lowest BCUT2D eigenvalue weighted by molar-refractivity contribution is -0.219. The Morgan fingerprint density at radius 2 is 1.98 bits per heavy atom. The highest BCUT2D eigenvalue weighted by Crippen LogP contribution is 2.42. The molecule has 230 valence electrons. The third kappa shape index (κ3) is 6.01. The van der Waals surface area contributed by atoms with Gasteiger partial charge in [-0.05, 0) is 38.8 Å². The van der Waals surface area contributed by atoms with Gasteiger partial charge >= 0.3 is 6.18 Å². The van der Waals surface area contributed by atoms with Crippen molar-refractivity contribution < 1.29 is 36.2 Å². The minimum absolute atomic E-state index is 0.00745. The number of rotatable bonds is 10. The van der Waals surface area contributed by atoms with Crippen molar-refractivity contribution in [3.8, 4) is 5.88 Å². The molecule has 42 heavy (non-hydrogen) atoms. The van der Waals surface area contributed by atoms with Crippen LogP contribution in [0, 0.1) is 11.3 Å². The topological polar surface area (TPSA) is 144 Å². The zero-order valence-electron chi connectivity index (χ0n) is 23.8. The number of pyridine rings is 1. The molecule has 2 N–H and O–H groups in total. The van der Waals surface area contributed by atoms with Crippen molar-refractivity contribution in [3.63, 3.8) is 0 Å². The average Bonchev–Trinajstić information content (AvgIpc) is 3.58. The van der Waals surface area contributed by atoms with Gasteiger partial charge in [-0.2, -0.15) is 18.3 Å². The van der Waals surface area contributed by atoms with Gasteiger partial charge in [-0.3, -0.25) is 24.6 Å². The van der Waals surface area contributed by atoms with Crippen LogP contribution in [-0.4, -0.2) is 79.1 Å². The summed E-state index contributed by atoms with van der Waals surface area (Å²) in [6.07, 6.45) is 1.20. The van der Waals surface area contributed by atoms with Crippen LogP contribution in [0.25, 0.3) is 0 Å². The Kier molecular flexibility index (Phi) is 8.46. The van der Waals surface area contributed by atoms with E-state index >= 15 is 0 Å². The van der Waals surface area contributed by atoms with E-state index in [-0.39, 0.29) is 35.1 Å². The highest BCUT2D eigenvalue weighted by atomic mass is 32.2. The number of hydrogen-bond acceptors (Lipinski definition) is 9. The summed E-state index contributed by atoms with van der Waals surface area (Å²) in [7, 11) is -2.61. The lowest BCUT2D eigenvalue weighted by Gasteiger charge is -2.39. The van der Waals surface area contributed by atoms with E-state index in [0.29, 0.717) is 0 Å². The fourth-order valence-electron chi connectivity index (χ4n) is 5.20. The standard InChI is InChI=1S/C26H34F3N7O5S/c1-17-12-36(33-23(38)18-7-6-9-30-11-18)25(4,22(17)42(39,40)20-13-34(5)31-19(20)14-37)15-35-10-8-21(32-35)41-16-24(2,3)26(27,28)29/h6-11,13,17,22,37H,12,14-16H2,1-5H3,(H,33,38)/t17-,22?,25?/m0/s1. The molecule has 4 rings (SSSR count). The van der Waals surface area contributed by atoms with Crippen molar-refractivity contribution in [2.24, 2.45) is 18.4 Å². The van der Waals surface area contributed by atoms with Crippen molar-refractivity contribution in [1.29, 1.82) is 0 Å². The molecule has 3 aromatic rings. The van der Waals surface area contributed by atoms with E-state index in [1.165, 1.54) is 40.2 Å². The maximum atomic E-state index is 14.2. The second-order valence-electron chi connectivity index (χ2n) is 11.4. The van der Waals surface area contributed by atoms with Crippen LogP contribution < -0.4 is 10.2 Å². The van der Waals surface area contributed by atoms with Crippen LogP contribution in [0.5, 0.6) is 5.88 Å². The maximum Gasteiger partial charge on any atom is 0.397 e. The molecule has 3 aromatic heterocycles. The van der Waals surface area contributed by atoms with Crippen LogP contribution in [0.2, 0.25) is 0 Å². The van der Waals surface area contributed by atoms with Crippen molar-refractivity contribution in [2.45, 2.75) is 62.7 Å². The SMILES string of the molecule is C[C@H]1CN(NC(=O)c2cccnc2)C(C)(Cn2ccc(OCC(C)(C)C(F)(F)F)n2)C1S(=O)(=O)c1cn(C)nc1CO. The maximum absolute atomic E-state index is 14.2. The Hall–Kier alpha value is -3.50. The molecule has 4 heterocycles. The number of amides is 1. The summed E-state index contributed by atoms with van der Waals surface area (Å²) in [5.41, 5.74) is -0.380. The molecule has 1 amide bonds. The van der Waals surface area contributed by atoms with Gasteiger partial charge in [0.05, 0.1) is 34.9 Å². The predicted molar refractivity (Wildman–Crippen MR) is 144 cm³/mol. The molecule has 16 heteroatoms. The van der Waals surface area contributed by atoms with Crippen LogP contribution in [0.4, 0.5) is 13.2 Å². The van der Waals surface area contributed by atoms with E-state index in [1.54, 1.807) is 38.0 Å². The summed E-state index contributed by atoms with van der Waals surface area (Å²) in [6, 6.07) is 4.55. The van der Waals surface area contributed by atoms with Crippen LogP contribution >= 0.6 is 0 Å². The first-order chi connectivity index (χ1) is 19.5. The Labute approximate surface area is 241 Å². The molecular weight excluding hydrogens is 579 g/mol. The van der Waals surface area contributed by atoms with E-state index in [9.17, 15) is 31.5 Å². The fourth-order valence-corrected chi connectivity index (χ4v) is 7.78. The second kappa shape index (κ2) is 11.3. The molecule has 0 saturated carbocycles. The molecular formula is C26H34F3N7O5S. The third-order valence-corrected chi connectivity index (χ3v) is 10.1. The lowest BCUT2D eigenvalue weighted by Crippen LogP contribution is -2.59. The van der Waals surface area contributed by atoms with Gasteiger partial charge in [-0.1, -0.05) is 6.92 Å². The van der Waals surface area contributed by atoms with Crippen LogP contribution in [0.1, 0.15) is 43.7 Å². The molecule has 1 fully saturated rings. The number of sulfone groups is 1. The van der Waals surface area contributed by atoms with E-state index in [4.69, 9.17) is 4.74 Å². The minimum Gasteiger partial charge on any atom is -0.476 e. The molecule has 0 aromatic carbocycles. The second-order valence-corrected chi connectivity index (χ2v) is 13.4. The Morgan fingerprint density at radius 1 is 1.26 bits per heavy atom. The Balaban J connectivity index is 1.69. The van der Waals surface area contributed by atoms with Gasteiger partial charge in [-0.15, -0.1) is 5.10 Å². The summed E-state index contributed by atoms with van der Waals surface area (Å²) in [4.78, 5) is 16.9. The minimum atomic E-state index is -4.49. The normalized spacial score (nSPS) is 21.9. The number of halogens is 3. The summed E-state index contributed by atoms with van der Waals surface area (Å²) in [6.45, 7) is 4.22. The zero-order chi connectivity index (χ0) is 31.1. The number of nitrogens with one attached hydrogen (secondary N) is 1. The van der Waals surface area contributed by atoms with Gasteiger partial charge in [0.2, 0.25) is 5.88 Å². The van der Waals surface area contributed by atoms with E-state index in [1.807, 2.05) is 0 Å². The quantitative estimate of drug-likeness (QED) is 0.352. The summed E-state index contributed by atoms with van der Waals surface area (Å²) in [5.74, 6) is -1.09. The Bertz CT molecular complexity index is 1520. The highest BCUT2D eigenvalue weighted by molar-refractivity contribution is 7.92. The highest BCUT2D eigenvalue weighted by Gasteiger charge is 2.57. The fraction of sp³-hybridized carbons (Fsp3) is 0.538. The summed E-state index contributed by atoms with van der Waals surface area (Å²) in [5, 5.41) is 18.6. The van der Waals surface area contributed by atoms with Gasteiger partial charge < -0.3 is 9.84 Å². The molecule has 0 aliphatic carbocycles. The molecule has 2 unspecified atom stereocenters. The van der Waals surface area contributed by atoms with Gasteiger partial charge in [0.15, 0.2) is 9.84 Å². The van der Waals surface area contributed by atoms with Crippen molar-refractivity contribution in [2.75, 3.05) is 13.2 Å². The van der Waals surface area contributed by atoms with E-state index < -0.39 is 57.3 Å². The third-order valence-electron chi connectivity index (χ3n) is 7.48. The Morgan fingerprint density at radius 3 is 2.60 bits per heavy atom. The number of carbonyl (C=O) groups excluding carboxylic acids is 1. The first kappa shape index (κ1) is 31.4. The summed E-state index contributed by atoms with van der Waals surface area (Å²) >= 11 is 0. The predicted octanol–water partition coefficient (Wildman–Crippen LogP) is 2.37. The van der Waals surface area contributed by atoms with Crippen LogP contribution in [0.3, 0.4) is 0 Å². The van der Waals surface area contributed by atoms with E-state index in [0.717, 1.165) is 13.8 Å². The molecule has 1 aliphatic rings. The van der Waals surface area contributed by atoms with Crippen molar-refractivity contribution in [1.82, 2.24) is 35.0 Å². The number of aliphatic hydroxyl groups excluding tert-OH is 1. The molecule has 12 nitrogen and oxygen atoms in total. The van der Waals surface area contributed by atoms with Crippen molar-refractivity contribution >= 4 is 15.7 Å². The number of carbonyl (C=O) groups is 1. The lowest BCUT2D eigenvalue weighted by atomic mass is 9.94. The molecule has 1 aliphatic heterocycles. The number of hydrogen-bond donors (Lipinski definition) is 2. The first-order valence-electron chi connectivity index (χ1n) is 13.1. The number of hydrazine groups is 1. The summed E-state index contributed by atoms with van der Waals surface area (Å²) < 4.78 is 76.3. The number of ether oxygens (including phenoxy) is 1. The monoisotopic (exact) mass is 613 g/mol. The van der Waals surface area contributed by atoms with Gasteiger partial charge in [0.1, 0.15) is 17.2 Å². The largest absolute Gasteiger partial charge is 0.476 e. The molecule has 0 spiro atoms. The van der Waals surface area contributed by atoms with Crippen LogP contribution in [0.15, 0.2) is 47.9 Å². The molecule has 1 saturated heterocycles. The average molecular weight is 614 g/mol. The zero-order valence-corrected chi connectivity index (χ0v) is 24.6. The first-order valence-corrected chi connectivity index (χ1v) is 14.6. The smallest absolute Gasteiger partial charge is 0.397 e. The molecule has 0 bridgehead atoms. The molecule has 0 radical (unpaired) electrons. The molecule has 3 atom stereocenters. The van der Waals surface area contributed by atoms with Crippen molar-refractivity contribution in [3.05, 3.63) is 54.2 Å². The number of nitrogens with zero attached hydrogens (tertiary/aromatic N) is 6. The number of aromatic nitrogens is 5. The number of aliphatic hydroxyl groups is 1.